The van der Waals surface area contributed by atoms with Gasteiger partial charge in [-0.2, -0.15) is 0 Å². The van der Waals surface area contributed by atoms with Gasteiger partial charge in [0.1, 0.15) is 0 Å². The number of rotatable bonds is 1. The Morgan fingerprint density at radius 3 is 2.00 bits per heavy atom. The fourth-order valence-corrected chi connectivity index (χ4v) is 2.19. The second-order valence-electron chi connectivity index (χ2n) is 3.82. The zero-order chi connectivity index (χ0) is 9.19. The Kier molecular flexibility index (Phi) is 2.87. The summed E-state index contributed by atoms with van der Waals surface area (Å²) in [5.74, 6) is 0. The first-order valence-electron chi connectivity index (χ1n) is 4.06. The molecule has 12 heavy (non-hydrogen) atoms. The molecule has 1 atom stereocenters. The Morgan fingerprint density at radius 1 is 1.08 bits per heavy atom. The summed E-state index contributed by atoms with van der Waals surface area (Å²) in [4.78, 5) is 9.92. The van der Waals surface area contributed by atoms with Crippen LogP contribution < -0.4 is 5.30 Å². The largest absolute Gasteiger partial charge is 0.368 e. The van der Waals surface area contributed by atoms with Crippen molar-refractivity contribution in [3.8, 4) is 0 Å². The Hall–Kier alpha value is -0.390. The lowest BCUT2D eigenvalue weighted by Crippen LogP contribution is -2.18. The first-order chi connectivity index (χ1) is 5.52. The Morgan fingerprint density at radius 2 is 1.58 bits per heavy atom. The van der Waals surface area contributed by atoms with Crippen LogP contribution in [0.15, 0.2) is 30.3 Å². The van der Waals surface area contributed by atoms with Gasteiger partial charge in [-0.3, -0.25) is 0 Å². The molecule has 0 spiro atoms. The first kappa shape index (κ1) is 9.70. The van der Waals surface area contributed by atoms with Crippen LogP contribution in [0.25, 0.3) is 0 Å². The number of hydrogen-bond donors (Lipinski definition) is 1. The molecule has 2 heteroatoms. The van der Waals surface area contributed by atoms with Gasteiger partial charge in [0.05, 0.1) is 8.15 Å². The van der Waals surface area contributed by atoms with E-state index in [-0.39, 0.29) is 5.16 Å². The molecule has 0 radical (unpaired) electrons. The molecule has 0 heterocycles. The highest BCUT2D eigenvalue weighted by molar-refractivity contribution is 7.61. The van der Waals surface area contributed by atoms with Crippen LogP contribution in [0.3, 0.4) is 0 Å². The lowest BCUT2D eigenvalue weighted by Gasteiger charge is -2.25. The van der Waals surface area contributed by atoms with Crippen molar-refractivity contribution in [3.63, 3.8) is 0 Å². The van der Waals surface area contributed by atoms with Crippen molar-refractivity contribution < 1.29 is 4.89 Å². The van der Waals surface area contributed by atoms with Crippen LogP contribution in [-0.2, 0) is 0 Å². The summed E-state index contributed by atoms with van der Waals surface area (Å²) < 4.78 is 0. The van der Waals surface area contributed by atoms with E-state index in [0.29, 0.717) is 0 Å². The van der Waals surface area contributed by atoms with Gasteiger partial charge in [0.2, 0.25) is 0 Å². The molecule has 0 saturated heterocycles. The van der Waals surface area contributed by atoms with Crippen molar-refractivity contribution in [1.82, 2.24) is 0 Å². The smallest absolute Gasteiger partial charge is 0.0618 e. The average molecular weight is 182 g/mol. The van der Waals surface area contributed by atoms with Gasteiger partial charge in [-0.05, 0) is 0 Å². The number of hydrogen-bond acceptors (Lipinski definition) is 1. The van der Waals surface area contributed by atoms with Crippen molar-refractivity contribution >= 4 is 13.5 Å². The summed E-state index contributed by atoms with van der Waals surface area (Å²) in [6, 6.07) is 9.86. The summed E-state index contributed by atoms with van der Waals surface area (Å²) in [6.45, 7) is 6.18. The lowest BCUT2D eigenvalue weighted by molar-refractivity contribution is 0.589. The highest BCUT2D eigenvalue weighted by Crippen LogP contribution is 2.43. The molecule has 1 aromatic carbocycles. The molecular weight excluding hydrogens is 167 g/mol. The Bertz CT molecular complexity index is 238. The predicted molar refractivity (Wildman–Crippen MR) is 55.0 cm³/mol. The summed E-state index contributed by atoms with van der Waals surface area (Å²) >= 11 is 0. The minimum Gasteiger partial charge on any atom is -0.368 e. The molecule has 1 N–H and O–H groups in total. The van der Waals surface area contributed by atoms with Crippen LogP contribution in [0.1, 0.15) is 20.8 Å². The zero-order valence-electron chi connectivity index (χ0n) is 7.78. The average Bonchev–Trinajstić information content (AvgIpc) is 2.03. The molecule has 0 saturated carbocycles. The standard InChI is InChI=1S/C10H15OP/c1-10(2,3)12(11)9-7-5-4-6-8-9/h4-8,11H,1-3H3/t12-/m0/s1. The maximum atomic E-state index is 9.92. The van der Waals surface area contributed by atoms with Gasteiger partial charge in [-0.1, -0.05) is 51.1 Å². The van der Waals surface area contributed by atoms with Crippen LogP contribution in [-0.4, -0.2) is 10.0 Å². The minimum absolute atomic E-state index is 0.0172. The van der Waals surface area contributed by atoms with E-state index in [2.05, 4.69) is 20.8 Å². The third-order valence-electron chi connectivity index (χ3n) is 1.64. The third kappa shape index (κ3) is 2.30. The van der Waals surface area contributed by atoms with E-state index in [1.165, 1.54) is 0 Å². The van der Waals surface area contributed by atoms with Crippen molar-refractivity contribution in [2.75, 3.05) is 0 Å². The van der Waals surface area contributed by atoms with E-state index < -0.39 is 8.15 Å². The highest BCUT2D eigenvalue weighted by atomic mass is 31.1. The Balaban J connectivity index is 2.86. The Labute approximate surface area is 75.3 Å². The van der Waals surface area contributed by atoms with Gasteiger partial charge in [0.25, 0.3) is 0 Å². The molecule has 0 aliphatic carbocycles. The summed E-state index contributed by atoms with van der Waals surface area (Å²) in [6.07, 6.45) is 0. The molecule has 0 aliphatic rings. The topological polar surface area (TPSA) is 20.2 Å². The summed E-state index contributed by atoms with van der Waals surface area (Å²) in [5.41, 5.74) is 0. The molecule has 0 amide bonds. The van der Waals surface area contributed by atoms with Crippen molar-refractivity contribution in [2.45, 2.75) is 25.9 Å². The monoisotopic (exact) mass is 182 g/mol. The predicted octanol–water partition coefficient (Wildman–Crippen LogP) is 2.50. The van der Waals surface area contributed by atoms with Crippen LogP contribution in [0.2, 0.25) is 0 Å². The zero-order valence-corrected chi connectivity index (χ0v) is 8.68. The molecule has 1 rings (SSSR count). The maximum Gasteiger partial charge on any atom is 0.0618 e. The highest BCUT2D eigenvalue weighted by Gasteiger charge is 2.23. The lowest BCUT2D eigenvalue weighted by atomic mass is 10.3. The van der Waals surface area contributed by atoms with Crippen molar-refractivity contribution in [3.05, 3.63) is 30.3 Å². The van der Waals surface area contributed by atoms with E-state index in [0.717, 1.165) is 5.30 Å². The summed E-state index contributed by atoms with van der Waals surface area (Å²) in [7, 11) is -1.02. The molecule has 0 fully saturated rings. The normalized spacial score (nSPS) is 14.3. The maximum absolute atomic E-state index is 9.92. The van der Waals surface area contributed by atoms with E-state index >= 15 is 0 Å². The second kappa shape index (κ2) is 3.55. The van der Waals surface area contributed by atoms with E-state index in [4.69, 9.17) is 0 Å². The van der Waals surface area contributed by atoms with Crippen LogP contribution >= 0.6 is 8.15 Å². The fourth-order valence-electron chi connectivity index (χ4n) is 0.956. The number of benzene rings is 1. The van der Waals surface area contributed by atoms with Crippen LogP contribution in [0, 0.1) is 0 Å². The molecule has 66 valence electrons. The molecule has 0 aromatic heterocycles. The molecule has 0 aliphatic heterocycles. The van der Waals surface area contributed by atoms with Gasteiger partial charge in [0.15, 0.2) is 0 Å². The van der Waals surface area contributed by atoms with Gasteiger partial charge in [0, 0.05) is 10.5 Å². The van der Waals surface area contributed by atoms with Gasteiger partial charge in [-0.15, -0.1) is 0 Å². The van der Waals surface area contributed by atoms with E-state index in [1.54, 1.807) is 0 Å². The molecule has 0 bridgehead atoms. The third-order valence-corrected chi connectivity index (χ3v) is 3.69. The molecule has 0 unspecified atom stereocenters. The van der Waals surface area contributed by atoms with Crippen molar-refractivity contribution in [2.24, 2.45) is 0 Å². The molecular formula is C10H15OP. The summed E-state index contributed by atoms with van der Waals surface area (Å²) in [5, 5.41) is 1.04. The van der Waals surface area contributed by atoms with E-state index in [1.807, 2.05) is 30.3 Å². The van der Waals surface area contributed by atoms with Gasteiger partial charge < -0.3 is 4.89 Å². The SMILES string of the molecule is CC(C)(C)[P@@](O)c1ccccc1. The molecule has 1 aromatic rings. The molecule has 1 nitrogen and oxygen atoms in total. The van der Waals surface area contributed by atoms with Crippen molar-refractivity contribution in [1.29, 1.82) is 0 Å². The van der Waals surface area contributed by atoms with E-state index in [9.17, 15) is 4.89 Å². The van der Waals surface area contributed by atoms with Gasteiger partial charge >= 0.3 is 0 Å². The van der Waals surface area contributed by atoms with Crippen LogP contribution in [0.5, 0.6) is 0 Å². The quantitative estimate of drug-likeness (QED) is 0.661. The minimum atomic E-state index is -1.02. The van der Waals surface area contributed by atoms with Crippen LogP contribution in [0.4, 0.5) is 0 Å². The first-order valence-corrected chi connectivity index (χ1v) is 5.35. The second-order valence-corrected chi connectivity index (χ2v) is 6.30. The fraction of sp³-hybridized carbons (Fsp3) is 0.400. The van der Waals surface area contributed by atoms with Gasteiger partial charge in [-0.25, -0.2) is 0 Å².